The molecular formula is C16H13F2N. The largest absolute Gasteiger partial charge is 0.378 e. The molecule has 1 unspecified atom stereocenters. The normalized spacial score (nSPS) is 11.7. The summed E-state index contributed by atoms with van der Waals surface area (Å²) in [6, 6.07) is 11.0. The van der Waals surface area contributed by atoms with Gasteiger partial charge in [0.1, 0.15) is 0 Å². The van der Waals surface area contributed by atoms with Crippen LogP contribution in [-0.2, 0) is 0 Å². The molecule has 0 bridgehead atoms. The number of benzene rings is 2. The summed E-state index contributed by atoms with van der Waals surface area (Å²) in [5.41, 5.74) is 1.79. The number of terminal acetylenes is 1. The third kappa shape index (κ3) is 2.92. The molecule has 0 aliphatic carbocycles. The number of hydrogen-bond acceptors (Lipinski definition) is 1. The van der Waals surface area contributed by atoms with Crippen molar-refractivity contribution in [1.29, 1.82) is 0 Å². The van der Waals surface area contributed by atoms with E-state index in [9.17, 15) is 8.78 Å². The summed E-state index contributed by atoms with van der Waals surface area (Å²) in [5.74, 6) is 0.859. The first-order valence-corrected chi connectivity index (χ1v) is 5.89. The average Bonchev–Trinajstić information content (AvgIpc) is 2.42. The zero-order valence-corrected chi connectivity index (χ0v) is 10.5. The Morgan fingerprint density at radius 3 is 2.63 bits per heavy atom. The van der Waals surface area contributed by atoms with Gasteiger partial charge in [0.25, 0.3) is 0 Å². The summed E-state index contributed by atoms with van der Waals surface area (Å²) in [6.45, 7) is 1.76. The van der Waals surface area contributed by atoms with Crippen molar-refractivity contribution in [3.05, 3.63) is 65.2 Å². The molecule has 1 nitrogen and oxygen atoms in total. The number of hydrogen-bond donors (Lipinski definition) is 1. The lowest BCUT2D eigenvalue weighted by Crippen LogP contribution is -2.09. The van der Waals surface area contributed by atoms with Crippen molar-refractivity contribution in [3.63, 3.8) is 0 Å². The molecule has 0 radical (unpaired) electrons. The Balaban J connectivity index is 2.23. The first kappa shape index (κ1) is 13.1. The van der Waals surface area contributed by atoms with E-state index < -0.39 is 11.6 Å². The van der Waals surface area contributed by atoms with Crippen molar-refractivity contribution in [1.82, 2.24) is 0 Å². The fourth-order valence-electron chi connectivity index (χ4n) is 1.88. The van der Waals surface area contributed by atoms with Gasteiger partial charge in [-0.1, -0.05) is 24.1 Å². The number of anilines is 1. The molecule has 1 N–H and O–H groups in total. The molecule has 1 atom stereocenters. The Morgan fingerprint density at radius 1 is 1.16 bits per heavy atom. The van der Waals surface area contributed by atoms with Gasteiger partial charge in [-0.05, 0) is 31.2 Å². The fraction of sp³-hybridized carbons (Fsp3) is 0.125. The van der Waals surface area contributed by atoms with Gasteiger partial charge >= 0.3 is 0 Å². The molecule has 0 heterocycles. The van der Waals surface area contributed by atoms with Gasteiger partial charge < -0.3 is 5.32 Å². The summed E-state index contributed by atoms with van der Waals surface area (Å²) < 4.78 is 26.8. The number of nitrogens with one attached hydrogen (secondary N) is 1. The third-order valence-electron chi connectivity index (χ3n) is 2.86. The highest BCUT2D eigenvalue weighted by Crippen LogP contribution is 2.23. The van der Waals surface area contributed by atoms with Crippen molar-refractivity contribution < 1.29 is 8.78 Å². The van der Waals surface area contributed by atoms with Crippen molar-refractivity contribution in [2.45, 2.75) is 13.0 Å². The summed E-state index contributed by atoms with van der Waals surface area (Å²) in [5, 5.41) is 3.10. The maximum absolute atomic E-state index is 13.7. The van der Waals surface area contributed by atoms with Crippen LogP contribution in [0.1, 0.15) is 24.1 Å². The van der Waals surface area contributed by atoms with E-state index in [0.29, 0.717) is 0 Å². The highest BCUT2D eigenvalue weighted by molar-refractivity contribution is 5.51. The van der Waals surface area contributed by atoms with E-state index in [0.717, 1.165) is 17.3 Å². The molecule has 0 amide bonds. The zero-order valence-electron chi connectivity index (χ0n) is 10.5. The summed E-state index contributed by atoms with van der Waals surface area (Å²) in [6.07, 6.45) is 5.32. The molecule has 0 fully saturated rings. The van der Waals surface area contributed by atoms with Gasteiger partial charge in [-0.3, -0.25) is 0 Å². The van der Waals surface area contributed by atoms with Crippen LogP contribution in [0.5, 0.6) is 0 Å². The summed E-state index contributed by atoms with van der Waals surface area (Å²) >= 11 is 0. The van der Waals surface area contributed by atoms with Crippen LogP contribution in [-0.4, -0.2) is 0 Å². The van der Waals surface area contributed by atoms with Crippen LogP contribution in [0, 0.1) is 24.0 Å². The third-order valence-corrected chi connectivity index (χ3v) is 2.86. The molecule has 2 aromatic rings. The lowest BCUT2D eigenvalue weighted by molar-refractivity contribution is 0.494. The van der Waals surface area contributed by atoms with Gasteiger partial charge in [-0.25, -0.2) is 8.78 Å². The predicted molar refractivity (Wildman–Crippen MR) is 72.8 cm³/mol. The van der Waals surface area contributed by atoms with Gasteiger partial charge in [0, 0.05) is 16.8 Å². The lowest BCUT2D eigenvalue weighted by Gasteiger charge is -2.16. The molecule has 0 saturated carbocycles. The van der Waals surface area contributed by atoms with E-state index in [1.165, 1.54) is 6.07 Å². The quantitative estimate of drug-likeness (QED) is 0.816. The molecule has 0 aromatic heterocycles. The first-order valence-electron chi connectivity index (χ1n) is 5.89. The molecule has 2 rings (SSSR count). The van der Waals surface area contributed by atoms with Crippen LogP contribution < -0.4 is 5.32 Å². The molecule has 2 aromatic carbocycles. The minimum Gasteiger partial charge on any atom is -0.378 e. The Morgan fingerprint density at radius 2 is 1.89 bits per heavy atom. The Labute approximate surface area is 111 Å². The van der Waals surface area contributed by atoms with Crippen LogP contribution in [0.25, 0.3) is 0 Å². The Kier molecular flexibility index (Phi) is 3.82. The molecule has 19 heavy (non-hydrogen) atoms. The number of halogens is 2. The van der Waals surface area contributed by atoms with Crippen LogP contribution >= 0.6 is 0 Å². The van der Waals surface area contributed by atoms with Crippen LogP contribution in [0.4, 0.5) is 14.5 Å². The molecule has 0 spiro atoms. The van der Waals surface area contributed by atoms with Crippen LogP contribution in [0.15, 0.2) is 42.5 Å². The maximum Gasteiger partial charge on any atom is 0.164 e. The highest BCUT2D eigenvalue weighted by Gasteiger charge is 2.13. The maximum atomic E-state index is 13.7. The minimum atomic E-state index is -0.844. The Bertz CT molecular complexity index is 629. The van der Waals surface area contributed by atoms with Crippen molar-refractivity contribution in [2.24, 2.45) is 0 Å². The van der Waals surface area contributed by atoms with Gasteiger partial charge in [-0.15, -0.1) is 6.42 Å². The SMILES string of the molecule is C#Cc1cccc(NC(C)c2cccc(F)c2F)c1. The molecule has 0 aliphatic rings. The second-order valence-electron chi connectivity index (χ2n) is 4.23. The molecule has 96 valence electrons. The summed E-state index contributed by atoms with van der Waals surface area (Å²) in [4.78, 5) is 0. The van der Waals surface area contributed by atoms with E-state index in [1.807, 2.05) is 12.1 Å². The fourth-order valence-corrected chi connectivity index (χ4v) is 1.88. The monoisotopic (exact) mass is 257 g/mol. The van der Waals surface area contributed by atoms with Crippen LogP contribution in [0.2, 0.25) is 0 Å². The minimum absolute atomic E-state index is 0.283. The van der Waals surface area contributed by atoms with Crippen molar-refractivity contribution in [3.8, 4) is 12.3 Å². The second-order valence-corrected chi connectivity index (χ2v) is 4.23. The van der Waals surface area contributed by atoms with E-state index >= 15 is 0 Å². The van der Waals surface area contributed by atoms with Gasteiger partial charge in [-0.2, -0.15) is 0 Å². The van der Waals surface area contributed by atoms with Gasteiger partial charge in [0.2, 0.25) is 0 Å². The second kappa shape index (κ2) is 5.53. The van der Waals surface area contributed by atoms with E-state index in [1.54, 1.807) is 25.1 Å². The highest BCUT2D eigenvalue weighted by atomic mass is 19.2. The van der Waals surface area contributed by atoms with E-state index in [4.69, 9.17) is 6.42 Å². The van der Waals surface area contributed by atoms with Crippen molar-refractivity contribution in [2.75, 3.05) is 5.32 Å². The Hall–Kier alpha value is -2.34. The van der Waals surface area contributed by atoms with E-state index in [2.05, 4.69) is 11.2 Å². The molecular weight excluding hydrogens is 244 g/mol. The predicted octanol–water partition coefficient (Wildman–Crippen LogP) is 4.12. The first-order chi connectivity index (χ1) is 9.11. The molecule has 0 aliphatic heterocycles. The van der Waals surface area contributed by atoms with Crippen molar-refractivity contribution >= 4 is 5.69 Å². The molecule has 0 saturated heterocycles. The van der Waals surface area contributed by atoms with Gasteiger partial charge in [0.15, 0.2) is 11.6 Å². The standard InChI is InChI=1S/C16H13F2N/c1-3-12-6-4-7-13(10-12)19-11(2)14-8-5-9-15(17)16(14)18/h1,4-11,19H,2H3. The lowest BCUT2D eigenvalue weighted by atomic mass is 10.1. The average molecular weight is 257 g/mol. The van der Waals surface area contributed by atoms with E-state index in [-0.39, 0.29) is 11.6 Å². The topological polar surface area (TPSA) is 12.0 Å². The molecule has 3 heteroatoms. The zero-order chi connectivity index (χ0) is 13.8. The number of rotatable bonds is 3. The smallest absolute Gasteiger partial charge is 0.164 e. The van der Waals surface area contributed by atoms with Crippen LogP contribution in [0.3, 0.4) is 0 Å². The van der Waals surface area contributed by atoms with Gasteiger partial charge in [0.05, 0.1) is 6.04 Å². The summed E-state index contributed by atoms with van der Waals surface area (Å²) in [7, 11) is 0.